The van der Waals surface area contributed by atoms with Gasteiger partial charge in [-0.3, -0.25) is 10.1 Å². The van der Waals surface area contributed by atoms with Crippen LogP contribution in [0, 0.1) is 5.82 Å². The largest absolute Gasteiger partial charge is 0.368 e. The number of nitrogens with zero attached hydrogens (tertiary/aromatic N) is 3. The van der Waals surface area contributed by atoms with Crippen LogP contribution in [0.5, 0.6) is 0 Å². The minimum atomic E-state index is -0.484. The van der Waals surface area contributed by atoms with Gasteiger partial charge in [-0.15, -0.1) is 11.3 Å². The van der Waals surface area contributed by atoms with Crippen molar-refractivity contribution >= 4 is 51.4 Å². The zero-order chi connectivity index (χ0) is 22.5. The van der Waals surface area contributed by atoms with Crippen molar-refractivity contribution in [1.82, 2.24) is 9.88 Å². The minimum absolute atomic E-state index is 0.00775. The van der Waals surface area contributed by atoms with Crippen LogP contribution in [0.15, 0.2) is 53.9 Å². The summed E-state index contributed by atoms with van der Waals surface area (Å²) in [5.41, 5.74) is 2.17. The van der Waals surface area contributed by atoms with E-state index in [1.165, 1.54) is 35.6 Å². The number of amides is 3. The second-order valence-electron chi connectivity index (χ2n) is 7.25. The van der Waals surface area contributed by atoms with Gasteiger partial charge in [-0.05, 0) is 48.5 Å². The molecule has 1 saturated heterocycles. The fraction of sp³-hybridized carbons (Fsp3) is 0.227. The van der Waals surface area contributed by atoms with E-state index in [1.807, 2.05) is 29.2 Å². The molecule has 0 bridgehead atoms. The first-order valence-electron chi connectivity index (χ1n) is 10.0. The van der Waals surface area contributed by atoms with E-state index in [1.54, 1.807) is 5.38 Å². The SMILES string of the molecule is O=C(Nc1ccc(F)cc1)Nc1nc(CC(=O)N2CCN(c3ccc(Cl)cc3)CC2)cs1. The Balaban J connectivity index is 1.25. The summed E-state index contributed by atoms with van der Waals surface area (Å²) in [4.78, 5) is 33.1. The van der Waals surface area contributed by atoms with E-state index in [0.717, 1.165) is 18.8 Å². The summed E-state index contributed by atoms with van der Waals surface area (Å²) < 4.78 is 12.9. The molecule has 0 aliphatic carbocycles. The third kappa shape index (κ3) is 5.74. The molecule has 1 fully saturated rings. The number of nitrogens with one attached hydrogen (secondary N) is 2. The van der Waals surface area contributed by atoms with Crippen molar-refractivity contribution in [2.75, 3.05) is 41.7 Å². The number of carbonyl (C=O) groups excluding carboxylic acids is 2. The first kappa shape index (κ1) is 22.0. The van der Waals surface area contributed by atoms with Gasteiger partial charge >= 0.3 is 6.03 Å². The maximum Gasteiger partial charge on any atom is 0.325 e. The number of hydrogen-bond acceptors (Lipinski definition) is 5. The summed E-state index contributed by atoms with van der Waals surface area (Å²) in [6.45, 7) is 2.77. The molecule has 32 heavy (non-hydrogen) atoms. The summed E-state index contributed by atoms with van der Waals surface area (Å²) in [6.07, 6.45) is 0.179. The van der Waals surface area contributed by atoms with Crippen LogP contribution >= 0.6 is 22.9 Å². The lowest BCUT2D eigenvalue weighted by atomic mass is 10.2. The number of anilines is 3. The van der Waals surface area contributed by atoms with Gasteiger partial charge in [-0.1, -0.05) is 11.6 Å². The Bertz CT molecular complexity index is 1080. The van der Waals surface area contributed by atoms with E-state index < -0.39 is 6.03 Å². The predicted molar refractivity (Wildman–Crippen MR) is 125 cm³/mol. The fourth-order valence-corrected chi connectivity index (χ4v) is 4.20. The Morgan fingerprint density at radius 3 is 2.38 bits per heavy atom. The van der Waals surface area contributed by atoms with Gasteiger partial charge in [0.1, 0.15) is 5.82 Å². The van der Waals surface area contributed by atoms with Crippen molar-refractivity contribution in [2.24, 2.45) is 0 Å². The highest BCUT2D eigenvalue weighted by Gasteiger charge is 2.22. The van der Waals surface area contributed by atoms with E-state index in [9.17, 15) is 14.0 Å². The third-order valence-corrected chi connectivity index (χ3v) is 6.09. The summed E-state index contributed by atoms with van der Waals surface area (Å²) in [6, 6.07) is 12.7. The number of carbonyl (C=O) groups is 2. The van der Waals surface area contributed by atoms with Gasteiger partial charge in [-0.2, -0.15) is 0 Å². The number of hydrogen-bond donors (Lipinski definition) is 2. The van der Waals surface area contributed by atoms with E-state index >= 15 is 0 Å². The van der Waals surface area contributed by atoms with Gasteiger partial charge in [0.2, 0.25) is 5.91 Å². The first-order chi connectivity index (χ1) is 15.5. The van der Waals surface area contributed by atoms with Crippen LogP contribution in [0.25, 0.3) is 0 Å². The van der Waals surface area contributed by atoms with E-state index in [2.05, 4.69) is 20.5 Å². The Morgan fingerprint density at radius 2 is 1.69 bits per heavy atom. The molecule has 3 aromatic rings. The normalized spacial score (nSPS) is 13.7. The van der Waals surface area contributed by atoms with Crippen LogP contribution < -0.4 is 15.5 Å². The topological polar surface area (TPSA) is 77.6 Å². The number of rotatable bonds is 5. The highest BCUT2D eigenvalue weighted by molar-refractivity contribution is 7.14. The summed E-state index contributed by atoms with van der Waals surface area (Å²) in [5.74, 6) is -0.370. The average Bonchev–Trinajstić information content (AvgIpc) is 3.22. The molecule has 0 saturated carbocycles. The molecule has 2 N–H and O–H groups in total. The van der Waals surface area contributed by atoms with Gasteiger partial charge < -0.3 is 15.1 Å². The van der Waals surface area contributed by atoms with Gasteiger partial charge in [-0.25, -0.2) is 14.2 Å². The van der Waals surface area contributed by atoms with Crippen LogP contribution in [-0.2, 0) is 11.2 Å². The molecular weight excluding hydrogens is 453 g/mol. The molecule has 10 heteroatoms. The molecule has 166 valence electrons. The Kier molecular flexibility index (Phi) is 6.87. The van der Waals surface area contributed by atoms with Gasteiger partial charge in [0, 0.05) is 48.0 Å². The van der Waals surface area contributed by atoms with Crippen molar-refractivity contribution in [3.8, 4) is 0 Å². The van der Waals surface area contributed by atoms with Gasteiger partial charge in [0.25, 0.3) is 0 Å². The maximum atomic E-state index is 12.9. The van der Waals surface area contributed by atoms with E-state index in [4.69, 9.17) is 11.6 Å². The fourth-order valence-electron chi connectivity index (χ4n) is 3.37. The number of urea groups is 1. The van der Waals surface area contributed by atoms with Crippen molar-refractivity contribution in [1.29, 1.82) is 0 Å². The number of halogens is 2. The molecule has 0 spiro atoms. The quantitative estimate of drug-likeness (QED) is 0.573. The highest BCUT2D eigenvalue weighted by Crippen LogP contribution is 2.21. The van der Waals surface area contributed by atoms with Crippen molar-refractivity contribution in [3.05, 3.63) is 70.4 Å². The van der Waals surface area contributed by atoms with Crippen molar-refractivity contribution in [3.63, 3.8) is 0 Å². The minimum Gasteiger partial charge on any atom is -0.368 e. The maximum absolute atomic E-state index is 12.9. The molecule has 1 aliphatic rings. The summed E-state index contributed by atoms with van der Waals surface area (Å²) in [7, 11) is 0. The molecule has 1 aliphatic heterocycles. The van der Waals surface area contributed by atoms with Crippen LogP contribution in [0.3, 0.4) is 0 Å². The number of benzene rings is 2. The number of aromatic nitrogens is 1. The Morgan fingerprint density at radius 1 is 1.00 bits per heavy atom. The second kappa shape index (κ2) is 9.97. The van der Waals surface area contributed by atoms with Crippen LogP contribution in [0.1, 0.15) is 5.69 Å². The smallest absolute Gasteiger partial charge is 0.325 e. The molecule has 0 radical (unpaired) electrons. The number of piperazine rings is 1. The molecule has 1 aromatic heterocycles. The van der Waals surface area contributed by atoms with Crippen molar-refractivity contribution in [2.45, 2.75) is 6.42 Å². The standard InChI is InChI=1S/C22H21ClFN5O2S/c23-15-1-7-19(8-2-15)28-9-11-29(12-10-28)20(30)13-18-14-32-22(26-18)27-21(31)25-17-5-3-16(24)4-6-17/h1-8,14H,9-13H2,(H2,25,26,27,31). The first-order valence-corrected chi connectivity index (χ1v) is 11.3. The molecule has 7 nitrogen and oxygen atoms in total. The summed E-state index contributed by atoms with van der Waals surface area (Å²) >= 11 is 7.19. The zero-order valence-electron chi connectivity index (χ0n) is 17.1. The van der Waals surface area contributed by atoms with Crippen LogP contribution in [-0.4, -0.2) is 48.0 Å². The highest BCUT2D eigenvalue weighted by atomic mass is 35.5. The van der Waals surface area contributed by atoms with E-state index in [-0.39, 0.29) is 18.1 Å². The Hall–Kier alpha value is -3.17. The summed E-state index contributed by atoms with van der Waals surface area (Å²) in [5, 5.41) is 8.08. The van der Waals surface area contributed by atoms with Gasteiger partial charge in [0.15, 0.2) is 5.13 Å². The molecule has 4 rings (SSSR count). The molecule has 2 aromatic carbocycles. The predicted octanol–water partition coefficient (Wildman–Crippen LogP) is 4.47. The van der Waals surface area contributed by atoms with Crippen LogP contribution in [0.2, 0.25) is 5.02 Å². The van der Waals surface area contributed by atoms with Crippen LogP contribution in [0.4, 0.5) is 25.7 Å². The lowest BCUT2D eigenvalue weighted by molar-refractivity contribution is -0.130. The molecule has 3 amide bonds. The third-order valence-electron chi connectivity index (χ3n) is 5.03. The second-order valence-corrected chi connectivity index (χ2v) is 8.55. The van der Waals surface area contributed by atoms with E-state index in [0.29, 0.717) is 34.6 Å². The molecule has 0 atom stereocenters. The van der Waals surface area contributed by atoms with Gasteiger partial charge in [0.05, 0.1) is 12.1 Å². The molecular formula is C22H21ClFN5O2S. The zero-order valence-corrected chi connectivity index (χ0v) is 18.6. The monoisotopic (exact) mass is 473 g/mol. The number of thiazole rings is 1. The van der Waals surface area contributed by atoms with Crippen molar-refractivity contribution < 1.29 is 14.0 Å². The molecule has 0 unspecified atom stereocenters. The Labute approximate surface area is 193 Å². The molecule has 2 heterocycles. The average molecular weight is 474 g/mol. The lowest BCUT2D eigenvalue weighted by Crippen LogP contribution is -2.49. The lowest BCUT2D eigenvalue weighted by Gasteiger charge is -2.36.